The minimum absolute atomic E-state index is 0.877. The molecule has 0 unspecified atom stereocenters. The summed E-state index contributed by atoms with van der Waals surface area (Å²) in [6.45, 7) is 35.0. The second kappa shape index (κ2) is 31.6. The predicted octanol–water partition coefficient (Wildman–Crippen LogP) is 13.7. The molecule has 0 bridgehead atoms. The molecule has 0 amide bonds. The van der Waals surface area contributed by atoms with Gasteiger partial charge < -0.3 is 4.99 Å². The van der Waals surface area contributed by atoms with Crippen molar-refractivity contribution in [1.29, 1.82) is 0 Å². The lowest BCUT2D eigenvalue weighted by Crippen LogP contribution is -2.29. The van der Waals surface area contributed by atoms with Gasteiger partial charge >= 0.3 is 0 Å². The van der Waals surface area contributed by atoms with E-state index in [-0.39, 0.29) is 0 Å². The molecule has 5 rings (SSSR count). The molecule has 48 heavy (non-hydrogen) atoms. The highest BCUT2D eigenvalue weighted by Gasteiger charge is 2.26. The van der Waals surface area contributed by atoms with Crippen LogP contribution in [0.15, 0.2) is 127 Å². The van der Waals surface area contributed by atoms with Crippen molar-refractivity contribution >= 4 is 33.2 Å². The van der Waals surface area contributed by atoms with Crippen LogP contribution in [0.4, 0.5) is 0 Å². The van der Waals surface area contributed by atoms with Gasteiger partial charge in [-0.2, -0.15) is 0 Å². The van der Waals surface area contributed by atoms with Crippen molar-refractivity contribution in [2.24, 2.45) is 10.8 Å². The summed E-state index contributed by atoms with van der Waals surface area (Å²) in [5.41, 5.74) is 8.88. The van der Waals surface area contributed by atoms with Crippen molar-refractivity contribution < 1.29 is 0 Å². The zero-order valence-corrected chi connectivity index (χ0v) is 33.5. The van der Waals surface area contributed by atoms with Gasteiger partial charge in [-0.15, -0.1) is 24.5 Å². The fourth-order valence-corrected chi connectivity index (χ4v) is 5.22. The SMILES string of the molecule is C=C(CC)N(N)C1=C(C)c2sc3ccccc3c2C1.C=CC.C=CC.CC.CC.CC=NC.Cc1cccc(C)c1.Cc1ccccc1. The van der Waals surface area contributed by atoms with Gasteiger partial charge in [-0.1, -0.05) is 143 Å². The lowest BCUT2D eigenvalue weighted by molar-refractivity contribution is 0.432. The zero-order chi connectivity index (χ0) is 37.5. The Labute approximate surface area is 300 Å². The Morgan fingerprint density at radius 1 is 0.792 bits per heavy atom. The topological polar surface area (TPSA) is 41.6 Å². The number of allylic oxidation sites excluding steroid dienone is 5. The smallest absolute Gasteiger partial charge is 0.0433 e. The van der Waals surface area contributed by atoms with Crippen molar-refractivity contribution in [3.63, 3.8) is 0 Å². The number of nitrogens with two attached hydrogens (primary N) is 1. The van der Waals surface area contributed by atoms with Crippen LogP contribution in [0.5, 0.6) is 0 Å². The molecule has 0 saturated carbocycles. The number of aliphatic imine (C=N–C) groups is 1. The van der Waals surface area contributed by atoms with Crippen LogP contribution in [0.1, 0.15) is 95.9 Å². The molecule has 3 aromatic carbocycles. The summed E-state index contributed by atoms with van der Waals surface area (Å²) in [4.78, 5) is 5.00. The molecule has 1 aromatic heterocycles. The highest BCUT2D eigenvalue weighted by Crippen LogP contribution is 2.44. The first-order chi connectivity index (χ1) is 23.1. The van der Waals surface area contributed by atoms with Crippen molar-refractivity contribution in [3.8, 4) is 0 Å². The van der Waals surface area contributed by atoms with E-state index in [9.17, 15) is 0 Å². The van der Waals surface area contributed by atoms with Crippen LogP contribution in [-0.2, 0) is 6.42 Å². The second-order valence-electron chi connectivity index (χ2n) is 10.1. The predicted molar refractivity (Wildman–Crippen MR) is 225 cm³/mol. The molecule has 264 valence electrons. The van der Waals surface area contributed by atoms with Crippen LogP contribution in [0.2, 0.25) is 0 Å². The number of hydrogen-bond acceptors (Lipinski definition) is 4. The highest BCUT2D eigenvalue weighted by molar-refractivity contribution is 7.20. The maximum atomic E-state index is 6.19. The number of benzene rings is 3. The largest absolute Gasteiger partial charge is 0.301 e. The molecule has 3 nitrogen and oxygen atoms in total. The fraction of sp³-hybridized carbons (Fsp3) is 0.341. The molecule has 0 fully saturated rings. The van der Waals surface area contributed by atoms with Gasteiger partial charge in [-0.25, -0.2) is 5.84 Å². The van der Waals surface area contributed by atoms with Crippen LogP contribution < -0.4 is 5.84 Å². The number of rotatable bonds is 3. The van der Waals surface area contributed by atoms with Crippen molar-refractivity contribution in [1.82, 2.24) is 5.01 Å². The van der Waals surface area contributed by atoms with Gasteiger partial charge in [0.05, 0.1) is 0 Å². The fourth-order valence-electron chi connectivity index (χ4n) is 3.98. The summed E-state index contributed by atoms with van der Waals surface area (Å²) in [7, 11) is 1.75. The van der Waals surface area contributed by atoms with E-state index in [2.05, 4.69) is 120 Å². The quantitative estimate of drug-likeness (QED) is 0.102. The summed E-state index contributed by atoms with van der Waals surface area (Å²) in [6, 6.07) is 27.3. The minimum Gasteiger partial charge on any atom is -0.301 e. The Kier molecular flexibility index (Phi) is 31.9. The first-order valence-corrected chi connectivity index (χ1v) is 17.9. The van der Waals surface area contributed by atoms with E-state index in [1.807, 2.05) is 78.0 Å². The van der Waals surface area contributed by atoms with Crippen molar-refractivity contribution in [2.45, 2.75) is 95.9 Å². The third kappa shape index (κ3) is 19.6. The Balaban J connectivity index is -0.000000583. The van der Waals surface area contributed by atoms with E-state index in [0.717, 1.165) is 18.5 Å². The zero-order valence-electron chi connectivity index (χ0n) is 32.7. The summed E-state index contributed by atoms with van der Waals surface area (Å²) >= 11 is 1.87. The van der Waals surface area contributed by atoms with E-state index in [0.29, 0.717) is 0 Å². The van der Waals surface area contributed by atoms with Crippen LogP contribution in [0.25, 0.3) is 15.7 Å². The van der Waals surface area contributed by atoms with E-state index in [1.165, 1.54) is 48.5 Å². The molecule has 2 N–H and O–H groups in total. The lowest BCUT2D eigenvalue weighted by Gasteiger charge is -2.22. The minimum atomic E-state index is 0.877. The molecule has 1 aliphatic carbocycles. The van der Waals surface area contributed by atoms with Gasteiger partial charge in [-0.05, 0) is 83.7 Å². The van der Waals surface area contributed by atoms with Crippen LogP contribution in [0, 0.1) is 20.8 Å². The molecular weight excluding hydrogens is 603 g/mol. The summed E-state index contributed by atoms with van der Waals surface area (Å²) in [5.74, 6) is 6.19. The molecule has 0 aliphatic heterocycles. The summed E-state index contributed by atoms with van der Waals surface area (Å²) < 4.78 is 1.36. The lowest BCUT2D eigenvalue weighted by atomic mass is 10.1. The van der Waals surface area contributed by atoms with E-state index < -0.39 is 0 Å². The Bertz CT molecular complexity index is 1430. The number of nitrogens with zero attached hydrogens (tertiary/aromatic N) is 2. The first-order valence-electron chi connectivity index (χ1n) is 17.0. The van der Waals surface area contributed by atoms with Gasteiger partial charge in [-0.3, -0.25) is 5.01 Å². The van der Waals surface area contributed by atoms with Crippen molar-refractivity contribution in [3.05, 3.63) is 149 Å². The maximum absolute atomic E-state index is 6.19. The number of fused-ring (bicyclic) bond motifs is 3. The van der Waals surface area contributed by atoms with E-state index in [4.69, 9.17) is 5.84 Å². The number of aryl methyl sites for hydroxylation is 3. The third-order valence-corrected chi connectivity index (χ3v) is 7.56. The van der Waals surface area contributed by atoms with Crippen LogP contribution in [0.3, 0.4) is 0 Å². The maximum Gasteiger partial charge on any atom is 0.0433 e. The standard InChI is InChI=1S/C16H18N2S.C8H10.C7H8.C3H7N.2C3H6.2C2H6/c1-4-10(2)18(17)14-9-13-12-7-5-6-8-15(12)19-16(13)11(14)3;1-7-4-3-5-8(2)6-7;1-7-5-3-2-4-6-7;1-3-4-2;2*1-3-2;2*1-2/h5-8H,2,4,9,17H2,1,3H3;3-6H,1-2H3;2-6H,1H3;3H,1-2H3;2*3H,1H2,2H3;2*1-2H3. The monoisotopic (exact) mass is 670 g/mol. The van der Waals surface area contributed by atoms with Gasteiger partial charge in [0, 0.05) is 34.4 Å². The van der Waals surface area contributed by atoms with Gasteiger partial charge in [0.15, 0.2) is 0 Å². The molecule has 0 spiro atoms. The molecule has 4 heteroatoms. The van der Waals surface area contributed by atoms with Gasteiger partial charge in [0.1, 0.15) is 0 Å². The molecule has 4 aromatic rings. The van der Waals surface area contributed by atoms with Crippen LogP contribution >= 0.6 is 11.3 Å². The molecule has 1 heterocycles. The van der Waals surface area contributed by atoms with Gasteiger partial charge in [0.25, 0.3) is 0 Å². The Morgan fingerprint density at radius 2 is 1.23 bits per heavy atom. The molecular formula is C44H67N3S. The average molecular weight is 670 g/mol. The first kappa shape index (κ1) is 48.4. The summed E-state index contributed by atoms with van der Waals surface area (Å²) in [5, 5.41) is 3.14. The van der Waals surface area contributed by atoms with Gasteiger partial charge in [0.2, 0.25) is 0 Å². The summed E-state index contributed by atoms with van der Waals surface area (Å²) in [6.07, 6.45) is 7.04. The van der Waals surface area contributed by atoms with E-state index >= 15 is 0 Å². The third-order valence-electron chi connectivity index (χ3n) is 6.23. The number of hydrazine groups is 1. The number of thiophene rings is 1. The molecule has 0 atom stereocenters. The average Bonchev–Trinajstić information content (AvgIpc) is 3.63. The highest BCUT2D eigenvalue weighted by atomic mass is 32.1. The Morgan fingerprint density at radius 3 is 1.60 bits per heavy atom. The Hall–Kier alpha value is -3.99. The normalized spacial score (nSPS) is 9.96. The molecule has 1 aliphatic rings. The van der Waals surface area contributed by atoms with Crippen LogP contribution in [-0.4, -0.2) is 18.3 Å². The molecule has 0 radical (unpaired) electrons. The molecule has 0 saturated heterocycles. The second-order valence-corrected chi connectivity index (χ2v) is 11.1. The van der Waals surface area contributed by atoms with E-state index in [1.54, 1.807) is 30.4 Å². The number of hydrogen-bond donors (Lipinski definition) is 1. The van der Waals surface area contributed by atoms with Crippen molar-refractivity contribution in [2.75, 3.05) is 7.05 Å².